The van der Waals surface area contributed by atoms with Gasteiger partial charge in [0.1, 0.15) is 11.1 Å². The van der Waals surface area contributed by atoms with Crippen molar-refractivity contribution in [1.82, 2.24) is 14.9 Å². The van der Waals surface area contributed by atoms with Crippen molar-refractivity contribution in [2.75, 3.05) is 18.5 Å². The van der Waals surface area contributed by atoms with E-state index in [1.807, 2.05) is 24.3 Å². The summed E-state index contributed by atoms with van der Waals surface area (Å²) in [5.74, 6) is -0.152. The summed E-state index contributed by atoms with van der Waals surface area (Å²) in [6.07, 6.45) is 8.54. The van der Waals surface area contributed by atoms with E-state index in [4.69, 9.17) is 4.74 Å². The number of nitriles is 1. The number of thiophene rings is 1. The van der Waals surface area contributed by atoms with Crippen molar-refractivity contribution in [3.8, 4) is 6.07 Å². The molecule has 0 saturated heterocycles. The molecule has 168 valence electrons. The lowest BCUT2D eigenvalue weighted by Crippen LogP contribution is -2.36. The van der Waals surface area contributed by atoms with Crippen LogP contribution < -0.4 is 5.32 Å². The highest BCUT2D eigenvalue weighted by Crippen LogP contribution is 2.36. The van der Waals surface area contributed by atoms with E-state index in [9.17, 15) is 14.9 Å². The smallest absolute Gasteiger partial charge is 0.410 e. The minimum Gasteiger partial charge on any atom is -0.449 e. The number of hydrogen-bond donors (Lipinski definition) is 1. The van der Waals surface area contributed by atoms with E-state index in [-0.39, 0.29) is 12.0 Å². The van der Waals surface area contributed by atoms with Crippen molar-refractivity contribution in [3.05, 3.63) is 76.2 Å². The summed E-state index contributed by atoms with van der Waals surface area (Å²) in [6.45, 7) is 1.13. The quantitative estimate of drug-likeness (QED) is 0.575. The SMILES string of the molecule is N#Cc1c(NC(=O)CCc2cccnc2)sc2c1CCN(C(=O)OCCc1ccncc1)C2. The predicted molar refractivity (Wildman–Crippen MR) is 124 cm³/mol. The molecular formula is C24H23N5O3S. The summed E-state index contributed by atoms with van der Waals surface area (Å²) in [5.41, 5.74) is 3.44. The van der Waals surface area contributed by atoms with Gasteiger partial charge in [0.2, 0.25) is 5.91 Å². The molecule has 0 spiro atoms. The lowest BCUT2D eigenvalue weighted by atomic mass is 10.0. The molecule has 0 bridgehead atoms. The highest BCUT2D eigenvalue weighted by Gasteiger charge is 2.28. The van der Waals surface area contributed by atoms with Crippen molar-refractivity contribution >= 4 is 28.3 Å². The Kier molecular flexibility index (Phi) is 7.27. The predicted octanol–water partition coefficient (Wildman–Crippen LogP) is 3.72. The molecule has 0 fully saturated rings. The van der Waals surface area contributed by atoms with Gasteiger partial charge in [-0.1, -0.05) is 6.07 Å². The van der Waals surface area contributed by atoms with Gasteiger partial charge in [-0.25, -0.2) is 4.79 Å². The fourth-order valence-electron chi connectivity index (χ4n) is 3.66. The van der Waals surface area contributed by atoms with Crippen molar-refractivity contribution in [2.45, 2.75) is 32.2 Å². The Morgan fingerprint density at radius 2 is 2.00 bits per heavy atom. The number of carbonyl (C=O) groups is 2. The number of carbonyl (C=O) groups excluding carboxylic acids is 2. The first-order valence-electron chi connectivity index (χ1n) is 10.7. The number of pyridine rings is 2. The fourth-order valence-corrected chi connectivity index (χ4v) is 4.89. The molecule has 0 radical (unpaired) electrons. The molecule has 0 aliphatic carbocycles. The number of hydrogen-bond acceptors (Lipinski definition) is 7. The minimum atomic E-state index is -0.372. The zero-order valence-corrected chi connectivity index (χ0v) is 18.8. The Labute approximate surface area is 195 Å². The van der Waals surface area contributed by atoms with Gasteiger partial charge in [0.05, 0.1) is 18.7 Å². The van der Waals surface area contributed by atoms with Crippen molar-refractivity contribution in [1.29, 1.82) is 5.26 Å². The number of fused-ring (bicyclic) bond motifs is 1. The molecule has 33 heavy (non-hydrogen) atoms. The maximum Gasteiger partial charge on any atom is 0.410 e. The van der Waals surface area contributed by atoms with Crippen LogP contribution in [0.1, 0.15) is 33.6 Å². The van der Waals surface area contributed by atoms with E-state index in [0.29, 0.717) is 55.9 Å². The van der Waals surface area contributed by atoms with Crippen LogP contribution in [0, 0.1) is 11.3 Å². The van der Waals surface area contributed by atoms with Gasteiger partial charge < -0.3 is 15.0 Å². The average molecular weight is 462 g/mol. The number of aryl methyl sites for hydroxylation is 1. The molecular weight excluding hydrogens is 438 g/mol. The molecule has 8 nitrogen and oxygen atoms in total. The van der Waals surface area contributed by atoms with E-state index < -0.39 is 0 Å². The Morgan fingerprint density at radius 1 is 1.15 bits per heavy atom. The van der Waals surface area contributed by atoms with Crippen LogP contribution in [0.25, 0.3) is 0 Å². The summed E-state index contributed by atoms with van der Waals surface area (Å²) in [4.78, 5) is 35.5. The van der Waals surface area contributed by atoms with E-state index in [0.717, 1.165) is 21.6 Å². The number of nitrogens with one attached hydrogen (secondary N) is 1. The number of anilines is 1. The topological polar surface area (TPSA) is 108 Å². The molecule has 0 aromatic carbocycles. The third kappa shape index (κ3) is 5.73. The lowest BCUT2D eigenvalue weighted by molar-refractivity contribution is -0.116. The van der Waals surface area contributed by atoms with Gasteiger partial charge in [-0.05, 0) is 47.7 Å². The normalized spacial score (nSPS) is 12.5. The second-order valence-corrected chi connectivity index (χ2v) is 8.73. The third-order valence-electron chi connectivity index (χ3n) is 5.41. The van der Waals surface area contributed by atoms with Crippen LogP contribution in [-0.2, 0) is 35.3 Å². The van der Waals surface area contributed by atoms with Crippen molar-refractivity contribution < 1.29 is 14.3 Å². The molecule has 1 N–H and O–H groups in total. The van der Waals surface area contributed by atoms with Gasteiger partial charge in [-0.2, -0.15) is 5.26 Å². The monoisotopic (exact) mass is 461 g/mol. The number of nitrogens with zero attached hydrogens (tertiary/aromatic N) is 4. The highest BCUT2D eigenvalue weighted by atomic mass is 32.1. The summed E-state index contributed by atoms with van der Waals surface area (Å²) in [7, 11) is 0. The van der Waals surface area contributed by atoms with Gasteiger partial charge in [-0.3, -0.25) is 14.8 Å². The largest absolute Gasteiger partial charge is 0.449 e. The fraction of sp³-hybridized carbons (Fsp3) is 0.292. The van der Waals surface area contributed by atoms with Gasteiger partial charge in [0.15, 0.2) is 0 Å². The minimum absolute atomic E-state index is 0.152. The Morgan fingerprint density at radius 3 is 2.76 bits per heavy atom. The maximum absolute atomic E-state index is 12.5. The molecule has 4 rings (SSSR count). The van der Waals surface area contributed by atoms with Gasteiger partial charge in [0.25, 0.3) is 0 Å². The second-order valence-electron chi connectivity index (χ2n) is 7.62. The van der Waals surface area contributed by atoms with Gasteiger partial charge in [-0.15, -0.1) is 11.3 Å². The van der Waals surface area contributed by atoms with Crippen LogP contribution in [0.3, 0.4) is 0 Å². The molecule has 9 heteroatoms. The van der Waals surface area contributed by atoms with Crippen LogP contribution in [-0.4, -0.2) is 40.0 Å². The molecule has 1 aliphatic rings. The number of rotatable bonds is 7. The maximum atomic E-state index is 12.5. The first-order chi connectivity index (χ1) is 16.1. The lowest BCUT2D eigenvalue weighted by Gasteiger charge is -2.26. The number of ether oxygens (including phenoxy) is 1. The number of aromatic nitrogens is 2. The van der Waals surface area contributed by atoms with Crippen molar-refractivity contribution in [2.24, 2.45) is 0 Å². The van der Waals surface area contributed by atoms with Crippen LogP contribution >= 0.6 is 11.3 Å². The van der Waals surface area contributed by atoms with E-state index in [2.05, 4.69) is 21.4 Å². The summed E-state index contributed by atoms with van der Waals surface area (Å²) in [6, 6.07) is 9.77. The van der Waals surface area contributed by atoms with E-state index in [1.165, 1.54) is 11.3 Å². The molecule has 2 amide bonds. The molecule has 3 aromatic rings. The molecule has 3 aromatic heterocycles. The van der Waals surface area contributed by atoms with Crippen molar-refractivity contribution in [3.63, 3.8) is 0 Å². The Balaban J connectivity index is 1.33. The summed E-state index contributed by atoms with van der Waals surface area (Å²) in [5, 5.41) is 13.1. The van der Waals surface area contributed by atoms with Gasteiger partial charge >= 0.3 is 6.09 Å². The molecule has 4 heterocycles. The number of amides is 2. The second kappa shape index (κ2) is 10.7. The van der Waals surface area contributed by atoms with Gasteiger partial charge in [0, 0.05) is 49.1 Å². The zero-order valence-electron chi connectivity index (χ0n) is 18.0. The first-order valence-corrected chi connectivity index (χ1v) is 11.5. The zero-order chi connectivity index (χ0) is 23.0. The first kappa shape index (κ1) is 22.4. The van der Waals surface area contributed by atoms with Crippen LogP contribution in [0.15, 0.2) is 49.1 Å². The van der Waals surface area contributed by atoms with Crippen LogP contribution in [0.2, 0.25) is 0 Å². The molecule has 0 saturated carbocycles. The standard InChI is InChI=1S/C24H23N5O3S/c25-14-20-19-7-12-29(24(31)32-13-8-17-5-10-26-11-6-17)16-21(19)33-23(20)28-22(30)4-3-18-2-1-9-27-15-18/h1-2,5-6,9-11,15H,3-4,7-8,12-13,16H2,(H,28,30). The van der Waals surface area contributed by atoms with E-state index in [1.54, 1.807) is 29.7 Å². The molecule has 0 atom stereocenters. The summed E-state index contributed by atoms with van der Waals surface area (Å²) < 4.78 is 5.43. The Hall–Kier alpha value is -3.77. The summed E-state index contributed by atoms with van der Waals surface area (Å²) >= 11 is 1.36. The molecule has 0 unspecified atom stereocenters. The van der Waals surface area contributed by atoms with E-state index >= 15 is 0 Å². The Bertz CT molecular complexity index is 1160. The average Bonchev–Trinajstić information content (AvgIpc) is 3.20. The highest BCUT2D eigenvalue weighted by molar-refractivity contribution is 7.16. The van der Waals surface area contributed by atoms with Crippen LogP contribution in [0.4, 0.5) is 9.80 Å². The van der Waals surface area contributed by atoms with Crippen LogP contribution in [0.5, 0.6) is 0 Å². The third-order valence-corrected chi connectivity index (χ3v) is 6.54. The molecule has 1 aliphatic heterocycles.